The topological polar surface area (TPSA) is 81.2 Å². The van der Waals surface area contributed by atoms with Crippen molar-refractivity contribution < 1.29 is 23.9 Å². The Morgan fingerprint density at radius 3 is 2.67 bits per heavy atom. The van der Waals surface area contributed by atoms with E-state index in [-0.39, 0.29) is 30.7 Å². The van der Waals surface area contributed by atoms with Crippen molar-refractivity contribution in [3.63, 3.8) is 0 Å². The molecule has 1 aromatic carbocycles. The first-order valence-electron chi connectivity index (χ1n) is 9.21. The average molecular weight is 377 g/mol. The number of amides is 2. The average Bonchev–Trinajstić information content (AvgIpc) is 2.79. The zero-order chi connectivity index (χ0) is 19.4. The molecule has 2 aliphatic heterocycles. The molecule has 1 aromatic rings. The molecule has 0 aliphatic carbocycles. The fraction of sp³-hybridized carbons (Fsp3) is 0.526. The predicted molar refractivity (Wildman–Crippen MR) is 95.2 cm³/mol. The molecule has 2 aliphatic rings. The lowest BCUT2D eigenvalue weighted by molar-refractivity contribution is -0.149. The van der Waals surface area contributed by atoms with Crippen LogP contribution >= 0.6 is 0 Å². The molecule has 1 N–H and O–H groups in total. The van der Waals surface area contributed by atoms with E-state index in [0.717, 1.165) is 18.4 Å². The number of rotatable bonds is 5. The zero-order valence-electron chi connectivity index (χ0n) is 15.1. The Morgan fingerprint density at radius 2 is 1.96 bits per heavy atom. The zero-order valence-corrected chi connectivity index (χ0v) is 15.1. The fourth-order valence-electron chi connectivity index (χ4n) is 3.76. The molecule has 8 heteroatoms. The molecule has 2 fully saturated rings. The lowest BCUT2D eigenvalue weighted by atomic mass is 10.1. The first-order chi connectivity index (χ1) is 12.9. The van der Waals surface area contributed by atoms with E-state index in [1.807, 2.05) is 4.90 Å². The Bertz CT molecular complexity index is 727. The summed E-state index contributed by atoms with van der Waals surface area (Å²) >= 11 is 0. The monoisotopic (exact) mass is 377 g/mol. The minimum Gasteiger partial charge on any atom is -0.480 e. The van der Waals surface area contributed by atoms with Crippen LogP contribution in [0.15, 0.2) is 24.3 Å². The van der Waals surface area contributed by atoms with Crippen molar-refractivity contribution in [3.05, 3.63) is 35.6 Å². The normalized spacial score (nSPS) is 22.0. The van der Waals surface area contributed by atoms with Crippen LogP contribution < -0.4 is 0 Å². The molecule has 0 saturated carbocycles. The van der Waals surface area contributed by atoms with Gasteiger partial charge in [0.25, 0.3) is 0 Å². The molecule has 2 heterocycles. The number of carbonyl (C=O) groups excluding carboxylic acids is 2. The second-order valence-electron chi connectivity index (χ2n) is 7.08. The Kier molecular flexibility index (Phi) is 6.05. The molecule has 27 heavy (non-hydrogen) atoms. The van der Waals surface area contributed by atoms with Crippen LogP contribution in [0.4, 0.5) is 4.39 Å². The van der Waals surface area contributed by atoms with E-state index in [4.69, 9.17) is 5.11 Å². The highest BCUT2D eigenvalue weighted by Gasteiger charge is 2.36. The quantitative estimate of drug-likeness (QED) is 0.826. The van der Waals surface area contributed by atoms with Crippen LogP contribution in [-0.4, -0.2) is 76.4 Å². The molecule has 3 rings (SSSR count). The number of benzene rings is 1. The molecule has 2 amide bonds. The highest BCUT2D eigenvalue weighted by atomic mass is 19.1. The third-order valence-corrected chi connectivity index (χ3v) is 5.13. The molecule has 146 valence electrons. The smallest absolute Gasteiger partial charge is 0.323 e. The van der Waals surface area contributed by atoms with Gasteiger partial charge in [-0.05, 0) is 37.0 Å². The van der Waals surface area contributed by atoms with Crippen LogP contribution in [0.2, 0.25) is 0 Å². The molecule has 1 unspecified atom stereocenters. The van der Waals surface area contributed by atoms with Crippen LogP contribution in [0.5, 0.6) is 0 Å². The largest absolute Gasteiger partial charge is 0.480 e. The second kappa shape index (κ2) is 8.47. The molecule has 0 bridgehead atoms. The first-order valence-corrected chi connectivity index (χ1v) is 9.21. The number of aliphatic carboxylic acids is 1. The van der Waals surface area contributed by atoms with Crippen molar-refractivity contribution in [3.8, 4) is 0 Å². The van der Waals surface area contributed by atoms with E-state index >= 15 is 0 Å². The van der Waals surface area contributed by atoms with Crippen molar-refractivity contribution in [1.82, 2.24) is 14.7 Å². The summed E-state index contributed by atoms with van der Waals surface area (Å²) in [5.74, 6) is -1.67. The van der Waals surface area contributed by atoms with Crippen molar-refractivity contribution in [1.29, 1.82) is 0 Å². The highest BCUT2D eigenvalue weighted by molar-refractivity contribution is 5.87. The maximum atomic E-state index is 13.3. The van der Waals surface area contributed by atoms with E-state index in [0.29, 0.717) is 32.6 Å². The van der Waals surface area contributed by atoms with Crippen molar-refractivity contribution in [2.75, 3.05) is 32.7 Å². The van der Waals surface area contributed by atoms with Crippen molar-refractivity contribution in [2.45, 2.75) is 31.8 Å². The van der Waals surface area contributed by atoms with E-state index in [9.17, 15) is 18.8 Å². The number of piperazine rings is 1. The number of hydrogen-bond donors (Lipinski definition) is 1. The molecule has 0 radical (unpaired) electrons. The lowest BCUT2D eigenvalue weighted by Crippen LogP contribution is -2.57. The standard InChI is InChI=1S/C19H24FN3O4/c20-15-5-3-4-14(10-15)11-22-9-8-21(12-17(22)24)16-6-1-2-7-23(19(16)27)13-18(25)26/h3-5,10,16H,1-2,6-9,11-13H2,(H,25,26). The number of carboxylic acids is 1. The number of carbonyl (C=O) groups is 3. The maximum Gasteiger partial charge on any atom is 0.323 e. The van der Waals surface area contributed by atoms with Gasteiger partial charge in [-0.15, -0.1) is 0 Å². The highest BCUT2D eigenvalue weighted by Crippen LogP contribution is 2.20. The van der Waals surface area contributed by atoms with Gasteiger partial charge in [-0.3, -0.25) is 19.3 Å². The third kappa shape index (κ3) is 4.82. The van der Waals surface area contributed by atoms with Gasteiger partial charge in [0.2, 0.25) is 11.8 Å². The number of likely N-dealkylation sites (tertiary alicyclic amines) is 1. The van der Waals surface area contributed by atoms with Gasteiger partial charge in [0.05, 0.1) is 12.6 Å². The van der Waals surface area contributed by atoms with Crippen LogP contribution in [0.1, 0.15) is 24.8 Å². The Labute approximate surface area is 157 Å². The number of hydrogen-bond acceptors (Lipinski definition) is 4. The second-order valence-corrected chi connectivity index (χ2v) is 7.08. The van der Waals surface area contributed by atoms with Crippen LogP contribution in [0.3, 0.4) is 0 Å². The van der Waals surface area contributed by atoms with Crippen molar-refractivity contribution >= 4 is 17.8 Å². The minimum absolute atomic E-state index is 0.104. The van der Waals surface area contributed by atoms with E-state index in [1.54, 1.807) is 17.0 Å². The number of nitrogens with zero attached hydrogens (tertiary/aromatic N) is 3. The number of halogens is 1. The fourth-order valence-corrected chi connectivity index (χ4v) is 3.76. The lowest BCUT2D eigenvalue weighted by Gasteiger charge is -2.38. The van der Waals surface area contributed by atoms with Crippen LogP contribution in [-0.2, 0) is 20.9 Å². The SMILES string of the molecule is O=C(O)CN1CCCCC(N2CCN(Cc3cccc(F)c3)C(=O)C2)C1=O. The van der Waals surface area contributed by atoms with Crippen molar-refractivity contribution in [2.24, 2.45) is 0 Å². The molecule has 1 atom stereocenters. The Balaban J connectivity index is 1.63. The van der Waals surface area contributed by atoms with Gasteiger partial charge in [-0.25, -0.2) is 4.39 Å². The first kappa shape index (κ1) is 19.3. The van der Waals surface area contributed by atoms with Gasteiger partial charge >= 0.3 is 5.97 Å². The summed E-state index contributed by atoms with van der Waals surface area (Å²) in [6.07, 6.45) is 2.22. The maximum absolute atomic E-state index is 13.3. The van der Waals surface area contributed by atoms with E-state index in [1.165, 1.54) is 17.0 Å². The van der Waals surface area contributed by atoms with Gasteiger partial charge in [0.1, 0.15) is 12.4 Å². The molecule has 7 nitrogen and oxygen atoms in total. The summed E-state index contributed by atoms with van der Waals surface area (Å²) in [4.78, 5) is 41.2. The van der Waals surface area contributed by atoms with Gasteiger partial charge in [0, 0.05) is 26.2 Å². The van der Waals surface area contributed by atoms with Crippen LogP contribution in [0.25, 0.3) is 0 Å². The summed E-state index contributed by atoms with van der Waals surface area (Å²) in [5, 5.41) is 9.01. The van der Waals surface area contributed by atoms with Gasteiger partial charge in [-0.2, -0.15) is 0 Å². The van der Waals surface area contributed by atoms with E-state index in [2.05, 4.69) is 0 Å². The summed E-state index contributed by atoms with van der Waals surface area (Å²) in [6.45, 7) is 1.59. The number of carboxylic acid groups (broad SMARTS) is 1. The van der Waals surface area contributed by atoms with E-state index < -0.39 is 12.0 Å². The summed E-state index contributed by atoms with van der Waals surface area (Å²) in [5.41, 5.74) is 0.731. The Hall–Kier alpha value is -2.48. The molecule has 0 spiro atoms. The minimum atomic E-state index is -1.03. The molecule has 0 aromatic heterocycles. The van der Waals surface area contributed by atoms with Gasteiger partial charge in [0.15, 0.2) is 0 Å². The predicted octanol–water partition coefficient (Wildman–Crippen LogP) is 0.936. The summed E-state index contributed by atoms with van der Waals surface area (Å²) in [6, 6.07) is 5.72. The summed E-state index contributed by atoms with van der Waals surface area (Å²) in [7, 11) is 0. The Morgan fingerprint density at radius 1 is 1.15 bits per heavy atom. The molecule has 2 saturated heterocycles. The van der Waals surface area contributed by atoms with Gasteiger partial charge in [-0.1, -0.05) is 12.1 Å². The van der Waals surface area contributed by atoms with Crippen LogP contribution in [0, 0.1) is 5.82 Å². The van der Waals surface area contributed by atoms with Gasteiger partial charge < -0.3 is 14.9 Å². The molecular weight excluding hydrogens is 353 g/mol. The summed E-state index contributed by atoms with van der Waals surface area (Å²) < 4.78 is 13.3. The third-order valence-electron chi connectivity index (χ3n) is 5.13. The molecular formula is C19H24FN3O4.